The third-order valence-corrected chi connectivity index (χ3v) is 5.07. The molecule has 1 aromatic heterocycles. The van der Waals surface area contributed by atoms with Crippen LogP contribution in [-0.2, 0) is 17.7 Å². The van der Waals surface area contributed by atoms with Gasteiger partial charge in [0.2, 0.25) is 0 Å². The van der Waals surface area contributed by atoms with E-state index >= 15 is 0 Å². The van der Waals surface area contributed by atoms with Gasteiger partial charge in [-0.05, 0) is 37.0 Å². The average Bonchev–Trinajstić information content (AvgIpc) is 3.11. The number of hydrogen-bond donors (Lipinski definition) is 0. The summed E-state index contributed by atoms with van der Waals surface area (Å²) in [5.41, 5.74) is 1.29. The van der Waals surface area contributed by atoms with Crippen LogP contribution in [0.1, 0.15) is 35.8 Å². The highest BCUT2D eigenvalue weighted by atomic mass is 19.1. The summed E-state index contributed by atoms with van der Waals surface area (Å²) < 4.78 is 21.4. The smallest absolute Gasteiger partial charge is 0.272 e. The molecule has 140 valence electrons. The maximum absolute atomic E-state index is 14.1. The Kier molecular flexibility index (Phi) is 6.04. The van der Waals surface area contributed by atoms with Gasteiger partial charge in [-0.3, -0.25) is 9.48 Å². The number of carbonyl (C=O) groups is 1. The van der Waals surface area contributed by atoms with Gasteiger partial charge in [0.1, 0.15) is 11.5 Å². The number of aryl methyl sites for hydroxylation is 1. The minimum atomic E-state index is -0.202. The summed E-state index contributed by atoms with van der Waals surface area (Å²) in [7, 11) is 1.69. The van der Waals surface area contributed by atoms with Crippen LogP contribution in [0.5, 0.6) is 0 Å². The zero-order chi connectivity index (χ0) is 18.5. The van der Waals surface area contributed by atoms with Crippen LogP contribution in [-0.4, -0.2) is 46.9 Å². The van der Waals surface area contributed by atoms with E-state index in [1.54, 1.807) is 36.2 Å². The Labute approximate surface area is 153 Å². The molecular formula is C20H26FN3O2. The van der Waals surface area contributed by atoms with Gasteiger partial charge in [0.05, 0.1) is 6.10 Å². The first kappa shape index (κ1) is 18.6. The predicted molar refractivity (Wildman–Crippen MR) is 97.4 cm³/mol. The molecule has 2 aromatic rings. The van der Waals surface area contributed by atoms with Crippen LogP contribution in [0.25, 0.3) is 0 Å². The molecule has 3 rings (SSSR count). The molecule has 1 saturated heterocycles. The Bertz CT molecular complexity index is 746. The van der Waals surface area contributed by atoms with E-state index in [1.807, 2.05) is 11.0 Å². The van der Waals surface area contributed by atoms with Crippen molar-refractivity contribution in [3.05, 3.63) is 53.6 Å². The van der Waals surface area contributed by atoms with Gasteiger partial charge in [-0.1, -0.05) is 25.1 Å². The molecule has 2 atom stereocenters. The highest BCUT2D eigenvalue weighted by Gasteiger charge is 2.33. The maximum atomic E-state index is 14.1. The van der Waals surface area contributed by atoms with E-state index in [4.69, 9.17) is 4.74 Å². The molecule has 1 fully saturated rings. The van der Waals surface area contributed by atoms with E-state index in [9.17, 15) is 9.18 Å². The van der Waals surface area contributed by atoms with Crippen LogP contribution >= 0.6 is 0 Å². The Morgan fingerprint density at radius 3 is 2.88 bits per heavy atom. The fourth-order valence-electron chi connectivity index (χ4n) is 3.71. The second-order valence-electron chi connectivity index (χ2n) is 6.81. The van der Waals surface area contributed by atoms with Crippen LogP contribution in [0, 0.1) is 11.7 Å². The highest BCUT2D eigenvalue weighted by molar-refractivity contribution is 5.92. The van der Waals surface area contributed by atoms with Crippen molar-refractivity contribution in [1.82, 2.24) is 14.7 Å². The number of carbonyl (C=O) groups excluding carboxylic acids is 1. The lowest BCUT2D eigenvalue weighted by atomic mass is 9.88. The molecule has 1 aliphatic heterocycles. The standard InChI is InChI=1S/C20H26FN3O2/c1-3-11-24-18(8-10-22-24)20(25)23-12-9-19(26-2)16(14-23)13-15-6-4-5-7-17(15)21/h4-8,10,16,19H,3,9,11-14H2,1-2H3/t16-,19-/m1/s1. The molecule has 2 heterocycles. The van der Waals surface area contributed by atoms with Gasteiger partial charge in [-0.15, -0.1) is 0 Å². The largest absolute Gasteiger partial charge is 0.381 e. The minimum absolute atomic E-state index is 0.0102. The van der Waals surface area contributed by atoms with Crippen molar-refractivity contribution in [1.29, 1.82) is 0 Å². The average molecular weight is 359 g/mol. The number of rotatable bonds is 6. The molecule has 26 heavy (non-hydrogen) atoms. The lowest BCUT2D eigenvalue weighted by Crippen LogP contribution is -2.47. The fourth-order valence-corrected chi connectivity index (χ4v) is 3.71. The summed E-state index contributed by atoms with van der Waals surface area (Å²) >= 11 is 0. The topological polar surface area (TPSA) is 47.4 Å². The maximum Gasteiger partial charge on any atom is 0.272 e. The van der Waals surface area contributed by atoms with Crippen molar-refractivity contribution in [2.45, 2.75) is 38.8 Å². The van der Waals surface area contributed by atoms with Crippen LogP contribution in [0.2, 0.25) is 0 Å². The highest BCUT2D eigenvalue weighted by Crippen LogP contribution is 2.26. The molecule has 1 aromatic carbocycles. The number of methoxy groups -OCH3 is 1. The molecule has 6 heteroatoms. The first-order valence-corrected chi connectivity index (χ1v) is 9.21. The molecule has 0 spiro atoms. The van der Waals surface area contributed by atoms with E-state index < -0.39 is 0 Å². The first-order valence-electron chi connectivity index (χ1n) is 9.21. The molecule has 5 nitrogen and oxygen atoms in total. The molecule has 0 N–H and O–H groups in total. The van der Waals surface area contributed by atoms with E-state index in [0.29, 0.717) is 30.8 Å². The van der Waals surface area contributed by atoms with Gasteiger partial charge in [-0.2, -0.15) is 5.10 Å². The van der Waals surface area contributed by atoms with Gasteiger partial charge in [-0.25, -0.2) is 4.39 Å². The van der Waals surface area contributed by atoms with E-state index in [2.05, 4.69) is 12.0 Å². The van der Waals surface area contributed by atoms with Crippen molar-refractivity contribution in [3.8, 4) is 0 Å². The summed E-state index contributed by atoms with van der Waals surface area (Å²) in [6.45, 7) is 3.98. The fraction of sp³-hybridized carbons (Fsp3) is 0.500. The van der Waals surface area contributed by atoms with Crippen LogP contribution < -0.4 is 0 Å². The predicted octanol–water partition coefficient (Wildman–Crippen LogP) is 3.15. The van der Waals surface area contributed by atoms with Crippen LogP contribution in [0.15, 0.2) is 36.5 Å². The zero-order valence-electron chi connectivity index (χ0n) is 15.4. The molecule has 0 saturated carbocycles. The summed E-state index contributed by atoms with van der Waals surface area (Å²) in [6.07, 6.45) is 3.93. The molecule has 0 radical (unpaired) electrons. The lowest BCUT2D eigenvalue weighted by molar-refractivity contribution is -0.00356. The number of halogens is 1. The molecule has 1 aliphatic rings. The minimum Gasteiger partial charge on any atom is -0.381 e. The monoisotopic (exact) mass is 359 g/mol. The number of likely N-dealkylation sites (tertiary alicyclic amines) is 1. The number of amides is 1. The van der Waals surface area contributed by atoms with Crippen molar-refractivity contribution < 1.29 is 13.9 Å². The van der Waals surface area contributed by atoms with E-state index in [0.717, 1.165) is 19.4 Å². The van der Waals surface area contributed by atoms with Gasteiger partial charge >= 0.3 is 0 Å². The number of aromatic nitrogens is 2. The van der Waals surface area contributed by atoms with Crippen molar-refractivity contribution in [2.24, 2.45) is 5.92 Å². The first-order chi connectivity index (χ1) is 12.6. The number of hydrogen-bond acceptors (Lipinski definition) is 3. The Hall–Kier alpha value is -2.21. The molecule has 0 bridgehead atoms. The normalized spacial score (nSPS) is 20.3. The number of nitrogens with zero attached hydrogens (tertiary/aromatic N) is 3. The Morgan fingerprint density at radius 1 is 1.35 bits per heavy atom. The summed E-state index contributed by atoms with van der Waals surface area (Å²) in [5, 5.41) is 4.25. The molecule has 0 unspecified atom stereocenters. The summed E-state index contributed by atoms with van der Waals surface area (Å²) in [6, 6.07) is 8.59. The van der Waals surface area contributed by atoms with E-state index in [-0.39, 0.29) is 23.7 Å². The zero-order valence-corrected chi connectivity index (χ0v) is 15.4. The van der Waals surface area contributed by atoms with Crippen LogP contribution in [0.3, 0.4) is 0 Å². The SMILES string of the molecule is CCCn1nccc1C(=O)N1CC[C@@H](OC)[C@H](Cc2ccccc2F)C1. The van der Waals surface area contributed by atoms with Gasteiger partial charge in [0, 0.05) is 38.9 Å². The van der Waals surface area contributed by atoms with Crippen LogP contribution in [0.4, 0.5) is 4.39 Å². The van der Waals surface area contributed by atoms with Gasteiger partial charge < -0.3 is 9.64 Å². The number of piperidine rings is 1. The number of ether oxygens (including phenoxy) is 1. The second kappa shape index (κ2) is 8.45. The number of benzene rings is 1. The quantitative estimate of drug-likeness (QED) is 0.796. The Morgan fingerprint density at radius 2 is 2.15 bits per heavy atom. The lowest BCUT2D eigenvalue weighted by Gasteiger charge is -2.38. The Balaban J connectivity index is 1.75. The molecule has 1 amide bonds. The molecule has 0 aliphatic carbocycles. The summed E-state index contributed by atoms with van der Waals surface area (Å²) in [4.78, 5) is 14.8. The second-order valence-corrected chi connectivity index (χ2v) is 6.81. The van der Waals surface area contributed by atoms with Crippen molar-refractivity contribution in [2.75, 3.05) is 20.2 Å². The third-order valence-electron chi connectivity index (χ3n) is 5.07. The van der Waals surface area contributed by atoms with Crippen molar-refractivity contribution in [3.63, 3.8) is 0 Å². The van der Waals surface area contributed by atoms with Gasteiger partial charge in [0.15, 0.2) is 0 Å². The third kappa shape index (κ3) is 3.96. The van der Waals surface area contributed by atoms with E-state index in [1.165, 1.54) is 6.07 Å². The van der Waals surface area contributed by atoms with Gasteiger partial charge in [0.25, 0.3) is 5.91 Å². The summed E-state index contributed by atoms with van der Waals surface area (Å²) in [5.74, 6) is -0.145. The molecular weight excluding hydrogens is 333 g/mol. The van der Waals surface area contributed by atoms with Crippen molar-refractivity contribution >= 4 is 5.91 Å².